The van der Waals surface area contributed by atoms with Gasteiger partial charge in [0.25, 0.3) is 0 Å². The Balaban J connectivity index is 1.03. The molecule has 56 heavy (non-hydrogen) atoms. The van der Waals surface area contributed by atoms with Gasteiger partial charge in [-0.3, -0.25) is 0 Å². The Hall–Kier alpha value is -7.63. The molecular weight excluding hydrogens is 683 g/mol. The summed E-state index contributed by atoms with van der Waals surface area (Å²) in [5.74, 6) is 1.94. The van der Waals surface area contributed by atoms with Gasteiger partial charge in [-0.05, 0) is 77.9 Å². The van der Waals surface area contributed by atoms with Crippen LogP contribution in [0, 0.1) is 0 Å². The van der Waals surface area contributed by atoms with Gasteiger partial charge in [-0.25, -0.2) is 15.0 Å². The number of fused-ring (bicyclic) bond motifs is 6. The zero-order valence-electron chi connectivity index (χ0n) is 30.3. The second-order valence-electron chi connectivity index (χ2n) is 14.1. The van der Waals surface area contributed by atoms with E-state index in [1.807, 2.05) is 60.7 Å². The predicted molar refractivity (Wildman–Crippen MR) is 230 cm³/mol. The minimum Gasteiger partial charge on any atom is -0.309 e. The van der Waals surface area contributed by atoms with Crippen molar-refractivity contribution in [1.29, 1.82) is 0 Å². The molecule has 0 aliphatic heterocycles. The molecule has 262 valence electrons. The molecule has 0 aliphatic rings. The summed E-state index contributed by atoms with van der Waals surface area (Å²) in [5, 5.41) is 4.90. The van der Waals surface area contributed by atoms with Crippen LogP contribution in [0.4, 0.5) is 0 Å². The van der Waals surface area contributed by atoms with Gasteiger partial charge in [0.05, 0.1) is 22.1 Å². The topological polar surface area (TPSA) is 48.5 Å². The highest BCUT2D eigenvalue weighted by molar-refractivity contribution is 6.12. The van der Waals surface area contributed by atoms with Gasteiger partial charge in [0.1, 0.15) is 0 Å². The number of para-hydroxylation sites is 2. The summed E-state index contributed by atoms with van der Waals surface area (Å²) in [4.78, 5) is 14.8. The van der Waals surface area contributed by atoms with Crippen LogP contribution in [0.25, 0.3) is 100 Å². The largest absolute Gasteiger partial charge is 0.309 e. The van der Waals surface area contributed by atoms with Gasteiger partial charge in [0.15, 0.2) is 17.5 Å². The molecular formula is C51H33N5. The van der Waals surface area contributed by atoms with E-state index in [2.05, 4.69) is 149 Å². The summed E-state index contributed by atoms with van der Waals surface area (Å²) in [5.41, 5.74) is 12.1. The maximum absolute atomic E-state index is 4.96. The molecule has 0 aliphatic carbocycles. The van der Waals surface area contributed by atoms with Gasteiger partial charge in [0.2, 0.25) is 0 Å². The number of nitrogens with zero attached hydrogens (tertiary/aromatic N) is 5. The average Bonchev–Trinajstić information content (AvgIpc) is 3.79. The van der Waals surface area contributed by atoms with E-state index in [1.54, 1.807) is 0 Å². The molecule has 0 saturated heterocycles. The molecule has 5 heteroatoms. The van der Waals surface area contributed by atoms with Gasteiger partial charge >= 0.3 is 0 Å². The molecule has 0 radical (unpaired) electrons. The Morgan fingerprint density at radius 3 is 1.18 bits per heavy atom. The number of hydrogen-bond donors (Lipinski definition) is 0. The van der Waals surface area contributed by atoms with Crippen molar-refractivity contribution in [1.82, 2.24) is 24.1 Å². The van der Waals surface area contributed by atoms with E-state index in [1.165, 1.54) is 43.7 Å². The Morgan fingerprint density at radius 2 is 0.625 bits per heavy atom. The van der Waals surface area contributed by atoms with Crippen LogP contribution in [0.15, 0.2) is 200 Å². The van der Waals surface area contributed by atoms with Gasteiger partial charge in [-0.1, -0.05) is 133 Å². The van der Waals surface area contributed by atoms with Crippen molar-refractivity contribution in [2.45, 2.75) is 0 Å². The predicted octanol–water partition coefficient (Wildman–Crippen LogP) is 12.7. The van der Waals surface area contributed by atoms with Crippen molar-refractivity contribution >= 4 is 43.6 Å². The van der Waals surface area contributed by atoms with Gasteiger partial charge in [-0.2, -0.15) is 0 Å². The molecule has 0 bridgehead atoms. The van der Waals surface area contributed by atoms with Crippen molar-refractivity contribution in [3.63, 3.8) is 0 Å². The van der Waals surface area contributed by atoms with Gasteiger partial charge in [0, 0.05) is 49.6 Å². The molecule has 0 fully saturated rings. The van der Waals surface area contributed by atoms with Crippen molar-refractivity contribution in [2.75, 3.05) is 0 Å². The Labute approximate surface area is 323 Å². The maximum atomic E-state index is 4.96. The smallest absolute Gasteiger partial charge is 0.164 e. The fraction of sp³-hybridized carbons (Fsp3) is 0. The third-order valence-electron chi connectivity index (χ3n) is 10.8. The summed E-state index contributed by atoms with van der Waals surface area (Å²) in [6, 6.07) is 70.5. The van der Waals surface area contributed by atoms with Crippen LogP contribution >= 0.6 is 0 Å². The summed E-state index contributed by atoms with van der Waals surface area (Å²) in [6.07, 6.45) is 0. The lowest BCUT2D eigenvalue weighted by atomic mass is 10.0. The molecule has 0 saturated carbocycles. The zero-order valence-corrected chi connectivity index (χ0v) is 30.3. The van der Waals surface area contributed by atoms with Crippen LogP contribution in [-0.4, -0.2) is 24.1 Å². The minimum atomic E-state index is 0.637. The second kappa shape index (κ2) is 13.0. The quantitative estimate of drug-likeness (QED) is 0.172. The molecule has 3 aromatic heterocycles. The van der Waals surface area contributed by atoms with Crippen LogP contribution in [-0.2, 0) is 0 Å². The van der Waals surface area contributed by atoms with Crippen LogP contribution in [0.1, 0.15) is 0 Å². The molecule has 11 rings (SSSR count). The van der Waals surface area contributed by atoms with Gasteiger partial charge in [-0.15, -0.1) is 0 Å². The molecule has 0 spiro atoms. The lowest BCUT2D eigenvalue weighted by Crippen LogP contribution is -2.00. The number of aromatic nitrogens is 5. The SMILES string of the molecule is c1ccc(-c2ccc3c(c2)c2ccccc2n3-c2ccc3c(c2)c2ccccc2n3-c2ccc(-c3nc(-c4ccccc4)nc(-c4ccccc4)n3)cc2)cc1. The first-order valence-electron chi connectivity index (χ1n) is 18.9. The summed E-state index contributed by atoms with van der Waals surface area (Å²) in [6.45, 7) is 0. The standard InChI is InChI=1S/C51H33N5/c1-4-14-34(15-5-1)38-26-30-47-43(32-38)41-20-10-13-23-46(41)56(47)40-29-31-48-44(33-40)42-21-11-12-22-45(42)55(48)39-27-24-37(25-28-39)51-53-49(35-16-6-2-7-17-35)52-50(54-51)36-18-8-3-9-19-36/h1-33H. The molecule has 11 aromatic rings. The van der Waals surface area contributed by atoms with E-state index in [4.69, 9.17) is 15.0 Å². The Morgan fingerprint density at radius 1 is 0.250 bits per heavy atom. The number of rotatable bonds is 6. The van der Waals surface area contributed by atoms with Crippen LogP contribution < -0.4 is 0 Å². The van der Waals surface area contributed by atoms with Crippen molar-refractivity contribution in [3.8, 4) is 56.7 Å². The summed E-state index contributed by atoms with van der Waals surface area (Å²) in [7, 11) is 0. The Bertz CT molecular complexity index is 3160. The first-order chi connectivity index (χ1) is 27.8. The van der Waals surface area contributed by atoms with Crippen LogP contribution in [0.3, 0.4) is 0 Å². The molecule has 0 N–H and O–H groups in total. The highest BCUT2D eigenvalue weighted by Gasteiger charge is 2.18. The minimum absolute atomic E-state index is 0.637. The van der Waals surface area contributed by atoms with Gasteiger partial charge < -0.3 is 9.13 Å². The number of benzene rings is 8. The normalized spacial score (nSPS) is 11.6. The molecule has 8 aromatic carbocycles. The summed E-state index contributed by atoms with van der Waals surface area (Å²) >= 11 is 0. The molecule has 3 heterocycles. The van der Waals surface area contributed by atoms with E-state index in [0.29, 0.717) is 17.5 Å². The fourth-order valence-electron chi connectivity index (χ4n) is 8.14. The average molecular weight is 716 g/mol. The monoisotopic (exact) mass is 715 g/mol. The first-order valence-corrected chi connectivity index (χ1v) is 18.9. The van der Waals surface area contributed by atoms with Crippen LogP contribution in [0.5, 0.6) is 0 Å². The highest BCUT2D eigenvalue weighted by Crippen LogP contribution is 2.38. The first kappa shape index (κ1) is 31.9. The molecule has 5 nitrogen and oxygen atoms in total. The zero-order chi connectivity index (χ0) is 37.0. The van der Waals surface area contributed by atoms with E-state index in [9.17, 15) is 0 Å². The lowest BCUT2D eigenvalue weighted by molar-refractivity contribution is 1.07. The fourth-order valence-corrected chi connectivity index (χ4v) is 8.14. The highest BCUT2D eigenvalue weighted by atomic mass is 15.0. The van der Waals surface area contributed by atoms with Crippen molar-refractivity contribution < 1.29 is 0 Å². The maximum Gasteiger partial charge on any atom is 0.164 e. The van der Waals surface area contributed by atoms with E-state index in [-0.39, 0.29) is 0 Å². The third kappa shape index (κ3) is 5.29. The van der Waals surface area contributed by atoms with E-state index < -0.39 is 0 Å². The van der Waals surface area contributed by atoms with E-state index >= 15 is 0 Å². The van der Waals surface area contributed by atoms with Crippen molar-refractivity contribution in [3.05, 3.63) is 200 Å². The third-order valence-corrected chi connectivity index (χ3v) is 10.8. The lowest BCUT2D eigenvalue weighted by Gasteiger charge is -2.12. The Kier molecular flexibility index (Phi) is 7.42. The van der Waals surface area contributed by atoms with Crippen molar-refractivity contribution in [2.24, 2.45) is 0 Å². The number of hydrogen-bond acceptors (Lipinski definition) is 3. The second-order valence-corrected chi connectivity index (χ2v) is 14.1. The molecule has 0 unspecified atom stereocenters. The van der Waals surface area contributed by atoms with E-state index in [0.717, 1.165) is 39.1 Å². The molecule has 0 amide bonds. The molecule has 0 atom stereocenters. The summed E-state index contributed by atoms with van der Waals surface area (Å²) < 4.78 is 4.76. The van der Waals surface area contributed by atoms with Crippen LogP contribution in [0.2, 0.25) is 0 Å².